The van der Waals surface area contributed by atoms with E-state index < -0.39 is 11.9 Å². The number of halogens is 1. The maximum Gasteiger partial charge on any atom is 0.243 e. The molecule has 1 rings (SSSR count). The van der Waals surface area contributed by atoms with Crippen molar-refractivity contribution in [3.63, 3.8) is 0 Å². The SMILES string of the molecule is COc1ccc(C(C)NC(=O)C(NC(C)=O)C(C)C)cc1F. The number of carbonyl (C=O) groups excluding carboxylic acids is 2. The summed E-state index contributed by atoms with van der Waals surface area (Å²) in [7, 11) is 1.39. The van der Waals surface area contributed by atoms with Crippen LogP contribution in [0, 0.1) is 11.7 Å². The molecule has 0 heterocycles. The number of carbonyl (C=O) groups is 2. The molecule has 0 aliphatic heterocycles. The van der Waals surface area contributed by atoms with E-state index in [1.54, 1.807) is 13.0 Å². The van der Waals surface area contributed by atoms with Crippen molar-refractivity contribution in [3.05, 3.63) is 29.6 Å². The lowest BCUT2D eigenvalue weighted by Crippen LogP contribution is -2.49. The van der Waals surface area contributed by atoms with Crippen LogP contribution in [0.25, 0.3) is 0 Å². The van der Waals surface area contributed by atoms with E-state index >= 15 is 0 Å². The normalized spacial score (nSPS) is 13.4. The minimum atomic E-state index is -0.622. The number of hydrogen-bond donors (Lipinski definition) is 2. The maximum atomic E-state index is 13.7. The molecule has 6 heteroatoms. The quantitative estimate of drug-likeness (QED) is 0.846. The lowest BCUT2D eigenvalue weighted by Gasteiger charge is -2.23. The van der Waals surface area contributed by atoms with Gasteiger partial charge in [0, 0.05) is 6.92 Å². The van der Waals surface area contributed by atoms with Crippen molar-refractivity contribution in [3.8, 4) is 5.75 Å². The highest BCUT2D eigenvalue weighted by Gasteiger charge is 2.24. The lowest BCUT2D eigenvalue weighted by atomic mass is 10.0. The monoisotopic (exact) mass is 310 g/mol. The molecule has 0 saturated heterocycles. The highest BCUT2D eigenvalue weighted by atomic mass is 19.1. The fraction of sp³-hybridized carbons (Fsp3) is 0.500. The van der Waals surface area contributed by atoms with Crippen molar-refractivity contribution in [1.29, 1.82) is 0 Å². The van der Waals surface area contributed by atoms with E-state index in [1.165, 1.54) is 26.2 Å². The van der Waals surface area contributed by atoms with Crippen LogP contribution in [0.2, 0.25) is 0 Å². The fourth-order valence-corrected chi connectivity index (χ4v) is 2.09. The molecule has 2 amide bonds. The van der Waals surface area contributed by atoms with Crippen molar-refractivity contribution in [1.82, 2.24) is 10.6 Å². The number of rotatable bonds is 6. The summed E-state index contributed by atoms with van der Waals surface area (Å²) in [5.74, 6) is -0.946. The van der Waals surface area contributed by atoms with Crippen LogP contribution in [0.1, 0.15) is 39.3 Å². The van der Waals surface area contributed by atoms with Crippen LogP contribution in [-0.4, -0.2) is 25.0 Å². The molecule has 0 radical (unpaired) electrons. The largest absolute Gasteiger partial charge is 0.494 e. The van der Waals surface area contributed by atoms with E-state index in [4.69, 9.17) is 4.74 Å². The van der Waals surface area contributed by atoms with Gasteiger partial charge >= 0.3 is 0 Å². The zero-order chi connectivity index (χ0) is 16.9. The predicted molar refractivity (Wildman–Crippen MR) is 82.0 cm³/mol. The summed E-state index contributed by atoms with van der Waals surface area (Å²) in [5, 5.41) is 5.41. The van der Waals surface area contributed by atoms with Crippen LogP contribution in [0.15, 0.2) is 18.2 Å². The molecule has 0 spiro atoms. The molecule has 2 atom stereocenters. The van der Waals surface area contributed by atoms with E-state index in [0.717, 1.165) is 0 Å². The zero-order valence-electron chi connectivity index (χ0n) is 13.6. The third-order valence-electron chi connectivity index (χ3n) is 3.34. The number of methoxy groups -OCH3 is 1. The van der Waals surface area contributed by atoms with E-state index in [0.29, 0.717) is 5.56 Å². The van der Waals surface area contributed by atoms with Crippen LogP contribution in [0.4, 0.5) is 4.39 Å². The smallest absolute Gasteiger partial charge is 0.243 e. The average Bonchev–Trinajstić information content (AvgIpc) is 2.43. The summed E-state index contributed by atoms with van der Waals surface area (Å²) in [4.78, 5) is 23.4. The molecule has 0 aliphatic carbocycles. The van der Waals surface area contributed by atoms with Crippen LogP contribution in [0.5, 0.6) is 5.75 Å². The minimum Gasteiger partial charge on any atom is -0.494 e. The molecule has 1 aromatic carbocycles. The summed E-state index contributed by atoms with van der Waals surface area (Å²) in [6, 6.07) is 3.52. The maximum absolute atomic E-state index is 13.7. The first-order valence-electron chi connectivity index (χ1n) is 7.17. The first kappa shape index (κ1) is 17.9. The van der Waals surface area contributed by atoms with Gasteiger partial charge in [0.05, 0.1) is 13.2 Å². The summed E-state index contributed by atoms with van der Waals surface area (Å²) >= 11 is 0. The molecule has 0 aliphatic rings. The molecule has 22 heavy (non-hydrogen) atoms. The van der Waals surface area contributed by atoms with Crippen molar-refractivity contribution < 1.29 is 18.7 Å². The summed E-state index contributed by atoms with van der Waals surface area (Å²) in [6.07, 6.45) is 0. The molecular weight excluding hydrogens is 287 g/mol. The summed E-state index contributed by atoms with van der Waals surface area (Å²) in [5.41, 5.74) is 0.622. The molecule has 122 valence electrons. The van der Waals surface area contributed by atoms with E-state index in [-0.39, 0.29) is 29.5 Å². The molecule has 0 aromatic heterocycles. The second-order valence-corrected chi connectivity index (χ2v) is 5.55. The number of hydrogen-bond acceptors (Lipinski definition) is 3. The molecule has 2 N–H and O–H groups in total. The lowest BCUT2D eigenvalue weighted by molar-refractivity contribution is -0.129. The fourth-order valence-electron chi connectivity index (χ4n) is 2.09. The van der Waals surface area contributed by atoms with E-state index in [9.17, 15) is 14.0 Å². The Morgan fingerprint density at radius 2 is 1.82 bits per heavy atom. The van der Waals surface area contributed by atoms with Gasteiger partial charge in [-0.15, -0.1) is 0 Å². The molecule has 2 unspecified atom stereocenters. The Labute approximate surface area is 130 Å². The Hall–Kier alpha value is -2.11. The molecule has 0 fully saturated rings. The zero-order valence-corrected chi connectivity index (χ0v) is 13.6. The second kappa shape index (κ2) is 7.77. The first-order valence-corrected chi connectivity index (χ1v) is 7.17. The number of amides is 2. The number of nitrogens with one attached hydrogen (secondary N) is 2. The van der Waals surface area contributed by atoms with Gasteiger partial charge in [0.25, 0.3) is 0 Å². The van der Waals surface area contributed by atoms with Crippen molar-refractivity contribution >= 4 is 11.8 Å². The van der Waals surface area contributed by atoms with Crippen molar-refractivity contribution in [2.24, 2.45) is 5.92 Å². The molecule has 0 saturated carbocycles. The van der Waals surface area contributed by atoms with Gasteiger partial charge in [-0.25, -0.2) is 4.39 Å². The van der Waals surface area contributed by atoms with E-state index in [2.05, 4.69) is 10.6 Å². The van der Waals surface area contributed by atoms with Gasteiger partial charge in [0.1, 0.15) is 6.04 Å². The molecular formula is C16H23FN2O3. The van der Waals surface area contributed by atoms with Gasteiger partial charge < -0.3 is 15.4 Å². The van der Waals surface area contributed by atoms with Crippen LogP contribution in [0.3, 0.4) is 0 Å². The molecule has 0 bridgehead atoms. The Morgan fingerprint density at radius 1 is 1.18 bits per heavy atom. The third-order valence-corrected chi connectivity index (χ3v) is 3.34. The van der Waals surface area contributed by atoms with Gasteiger partial charge in [-0.2, -0.15) is 0 Å². The van der Waals surface area contributed by atoms with Crippen LogP contribution in [-0.2, 0) is 9.59 Å². The van der Waals surface area contributed by atoms with Crippen LogP contribution < -0.4 is 15.4 Å². The van der Waals surface area contributed by atoms with Gasteiger partial charge in [-0.3, -0.25) is 9.59 Å². The Bertz CT molecular complexity index is 546. The van der Waals surface area contributed by atoms with Gasteiger partial charge in [0.15, 0.2) is 11.6 Å². The Balaban J connectivity index is 2.81. The molecule has 1 aromatic rings. The first-order chi connectivity index (χ1) is 10.3. The Kier molecular flexibility index (Phi) is 6.34. The van der Waals surface area contributed by atoms with Crippen molar-refractivity contribution in [2.45, 2.75) is 39.8 Å². The van der Waals surface area contributed by atoms with Gasteiger partial charge in [-0.05, 0) is 30.5 Å². The van der Waals surface area contributed by atoms with E-state index in [1.807, 2.05) is 13.8 Å². The molecule has 5 nitrogen and oxygen atoms in total. The number of ether oxygens (including phenoxy) is 1. The summed E-state index contributed by atoms with van der Waals surface area (Å²) in [6.45, 7) is 6.81. The van der Waals surface area contributed by atoms with Gasteiger partial charge in [-0.1, -0.05) is 19.9 Å². The topological polar surface area (TPSA) is 67.4 Å². The highest BCUT2D eigenvalue weighted by Crippen LogP contribution is 2.21. The minimum absolute atomic E-state index is 0.0521. The standard InChI is InChI=1S/C16H23FN2O3/c1-9(2)15(19-11(4)20)16(21)18-10(3)12-6-7-14(22-5)13(17)8-12/h6-10,15H,1-5H3,(H,18,21)(H,19,20). The Morgan fingerprint density at radius 3 is 2.27 bits per heavy atom. The second-order valence-electron chi connectivity index (χ2n) is 5.55. The summed E-state index contributed by atoms with van der Waals surface area (Å²) < 4.78 is 18.6. The van der Waals surface area contributed by atoms with Crippen molar-refractivity contribution in [2.75, 3.05) is 7.11 Å². The predicted octanol–water partition coefficient (Wildman–Crippen LogP) is 2.17. The average molecular weight is 310 g/mol. The van der Waals surface area contributed by atoms with Gasteiger partial charge in [0.2, 0.25) is 11.8 Å². The van der Waals surface area contributed by atoms with Crippen LogP contribution >= 0.6 is 0 Å². The highest BCUT2D eigenvalue weighted by molar-refractivity contribution is 5.87. The number of benzene rings is 1. The third kappa shape index (κ3) is 4.72.